The third-order valence-electron chi connectivity index (χ3n) is 3.17. The first-order valence-corrected chi connectivity index (χ1v) is 8.03. The zero-order chi connectivity index (χ0) is 13.4. The molecule has 1 saturated heterocycles. The van der Waals surface area contributed by atoms with E-state index in [1.54, 1.807) is 0 Å². The summed E-state index contributed by atoms with van der Waals surface area (Å²) < 4.78 is 23.1. The van der Waals surface area contributed by atoms with Crippen molar-refractivity contribution in [3.63, 3.8) is 0 Å². The van der Waals surface area contributed by atoms with Crippen LogP contribution in [0.4, 0.5) is 5.82 Å². The molecule has 7 heteroatoms. The van der Waals surface area contributed by atoms with Gasteiger partial charge in [0.05, 0.1) is 17.0 Å². The number of hydrogen-bond acceptors (Lipinski definition) is 5. The number of halogens is 1. The van der Waals surface area contributed by atoms with E-state index in [1.165, 1.54) is 6.33 Å². The van der Waals surface area contributed by atoms with Crippen molar-refractivity contribution in [3.8, 4) is 0 Å². The summed E-state index contributed by atoms with van der Waals surface area (Å²) in [5.74, 6) is 0.985. The van der Waals surface area contributed by atoms with Crippen LogP contribution in [0, 0.1) is 0 Å². The number of anilines is 1. The van der Waals surface area contributed by atoms with E-state index in [4.69, 9.17) is 11.6 Å². The van der Waals surface area contributed by atoms with Crippen molar-refractivity contribution >= 4 is 27.3 Å². The van der Waals surface area contributed by atoms with Crippen LogP contribution in [0.25, 0.3) is 0 Å². The third kappa shape index (κ3) is 2.75. The lowest BCUT2D eigenvalue weighted by molar-refractivity contribution is 0.571. The standard InChI is InChI=1S/C11H16ClN3O2S/c1-3-8-9(12)13-7-14-10(8)15-11(2)4-5-18(16,17)6-11/h7H,3-6H2,1-2H3,(H,13,14,15). The van der Waals surface area contributed by atoms with Crippen molar-refractivity contribution in [2.24, 2.45) is 0 Å². The summed E-state index contributed by atoms with van der Waals surface area (Å²) in [5.41, 5.74) is 0.352. The number of nitrogens with zero attached hydrogens (tertiary/aromatic N) is 2. The molecule has 0 amide bonds. The van der Waals surface area contributed by atoms with Crippen molar-refractivity contribution in [1.82, 2.24) is 9.97 Å². The summed E-state index contributed by atoms with van der Waals surface area (Å²) in [7, 11) is -2.94. The van der Waals surface area contributed by atoms with Crippen molar-refractivity contribution in [1.29, 1.82) is 0 Å². The van der Waals surface area contributed by atoms with Gasteiger partial charge in [-0.1, -0.05) is 18.5 Å². The number of nitrogens with one attached hydrogen (secondary N) is 1. The molecule has 18 heavy (non-hydrogen) atoms. The van der Waals surface area contributed by atoms with Gasteiger partial charge >= 0.3 is 0 Å². The molecule has 100 valence electrons. The van der Waals surface area contributed by atoms with Crippen LogP contribution in [0.3, 0.4) is 0 Å². The molecule has 1 N–H and O–H groups in total. The molecule has 0 bridgehead atoms. The van der Waals surface area contributed by atoms with Crippen molar-refractivity contribution in [2.45, 2.75) is 32.2 Å². The molecule has 0 saturated carbocycles. The summed E-state index contributed by atoms with van der Waals surface area (Å²) in [6.45, 7) is 3.86. The van der Waals surface area contributed by atoms with E-state index in [2.05, 4.69) is 15.3 Å². The lowest BCUT2D eigenvalue weighted by atomic mass is 10.0. The minimum atomic E-state index is -2.94. The maximum atomic E-state index is 11.6. The summed E-state index contributed by atoms with van der Waals surface area (Å²) in [4.78, 5) is 8.10. The normalized spacial score (nSPS) is 26.2. The fourth-order valence-electron chi connectivity index (χ4n) is 2.21. The molecule has 1 aromatic heterocycles. The number of hydrogen-bond donors (Lipinski definition) is 1. The van der Waals surface area contributed by atoms with Crippen LogP contribution in [0.5, 0.6) is 0 Å². The zero-order valence-corrected chi connectivity index (χ0v) is 12.0. The van der Waals surface area contributed by atoms with Gasteiger partial charge in [0.25, 0.3) is 0 Å². The highest BCUT2D eigenvalue weighted by atomic mass is 35.5. The molecule has 1 atom stereocenters. The van der Waals surface area contributed by atoms with Gasteiger partial charge in [-0.2, -0.15) is 0 Å². The van der Waals surface area contributed by atoms with Gasteiger partial charge in [0, 0.05) is 5.56 Å². The topological polar surface area (TPSA) is 72.0 Å². The molecular weight excluding hydrogens is 274 g/mol. The maximum absolute atomic E-state index is 11.6. The third-order valence-corrected chi connectivity index (χ3v) is 5.40. The molecule has 2 rings (SSSR count). The van der Waals surface area contributed by atoms with Gasteiger partial charge in [0.15, 0.2) is 9.84 Å². The first-order chi connectivity index (χ1) is 8.35. The largest absolute Gasteiger partial charge is 0.363 e. The van der Waals surface area contributed by atoms with E-state index in [0.717, 1.165) is 5.56 Å². The van der Waals surface area contributed by atoms with Gasteiger partial charge in [-0.25, -0.2) is 18.4 Å². The summed E-state index contributed by atoms with van der Waals surface area (Å²) in [6.07, 6.45) is 2.67. The Morgan fingerprint density at radius 1 is 1.50 bits per heavy atom. The van der Waals surface area contributed by atoms with Crippen LogP contribution >= 0.6 is 11.6 Å². The molecule has 1 aromatic rings. The fourth-order valence-corrected chi connectivity index (χ4v) is 4.57. The Balaban J connectivity index is 2.28. The van der Waals surface area contributed by atoms with E-state index in [-0.39, 0.29) is 11.5 Å². The van der Waals surface area contributed by atoms with Gasteiger partial charge in [-0.05, 0) is 19.8 Å². The quantitative estimate of drug-likeness (QED) is 0.857. The van der Waals surface area contributed by atoms with Gasteiger partial charge in [-0.15, -0.1) is 0 Å². The smallest absolute Gasteiger partial charge is 0.152 e. The molecule has 0 aliphatic carbocycles. The highest BCUT2D eigenvalue weighted by Gasteiger charge is 2.38. The lowest BCUT2D eigenvalue weighted by Gasteiger charge is -2.25. The molecule has 1 fully saturated rings. The molecule has 0 radical (unpaired) electrons. The van der Waals surface area contributed by atoms with Gasteiger partial charge in [-0.3, -0.25) is 0 Å². The second kappa shape index (κ2) is 4.66. The second-order valence-electron chi connectivity index (χ2n) is 4.87. The Hall–Kier alpha value is -0.880. The molecule has 2 heterocycles. The predicted molar refractivity (Wildman–Crippen MR) is 71.7 cm³/mol. The molecule has 0 spiro atoms. The van der Waals surface area contributed by atoms with E-state index in [1.807, 2.05) is 13.8 Å². The van der Waals surface area contributed by atoms with Gasteiger partial charge in [0.1, 0.15) is 17.3 Å². The SMILES string of the molecule is CCc1c(Cl)ncnc1NC1(C)CCS(=O)(=O)C1. The maximum Gasteiger partial charge on any atom is 0.152 e. The summed E-state index contributed by atoms with van der Waals surface area (Å²) >= 11 is 6.01. The minimum Gasteiger partial charge on any atom is -0.363 e. The number of rotatable bonds is 3. The molecule has 0 aromatic carbocycles. The first-order valence-electron chi connectivity index (χ1n) is 5.83. The zero-order valence-electron chi connectivity index (χ0n) is 10.4. The van der Waals surface area contributed by atoms with Crippen LogP contribution in [-0.4, -0.2) is 35.4 Å². The number of aromatic nitrogens is 2. The molecular formula is C11H16ClN3O2S. The van der Waals surface area contributed by atoms with E-state index < -0.39 is 15.4 Å². The molecule has 1 aliphatic heterocycles. The Bertz CT molecular complexity index is 561. The molecule has 1 aliphatic rings. The number of sulfone groups is 1. The Morgan fingerprint density at radius 2 is 2.22 bits per heavy atom. The summed E-state index contributed by atoms with van der Waals surface area (Å²) in [6, 6.07) is 0. The lowest BCUT2D eigenvalue weighted by Crippen LogP contribution is -2.36. The van der Waals surface area contributed by atoms with Crippen LogP contribution in [0.15, 0.2) is 6.33 Å². The van der Waals surface area contributed by atoms with Crippen molar-refractivity contribution in [2.75, 3.05) is 16.8 Å². The molecule has 5 nitrogen and oxygen atoms in total. The Labute approximate surface area is 112 Å². The predicted octanol–water partition coefficient (Wildman–Crippen LogP) is 1.68. The highest BCUT2D eigenvalue weighted by Crippen LogP contribution is 2.29. The highest BCUT2D eigenvalue weighted by molar-refractivity contribution is 7.91. The Kier molecular flexibility index (Phi) is 3.51. The Morgan fingerprint density at radius 3 is 2.78 bits per heavy atom. The van der Waals surface area contributed by atoms with E-state index in [9.17, 15) is 8.42 Å². The summed E-state index contributed by atoms with van der Waals surface area (Å²) in [5, 5.41) is 3.63. The van der Waals surface area contributed by atoms with Crippen molar-refractivity contribution in [3.05, 3.63) is 17.0 Å². The van der Waals surface area contributed by atoms with Gasteiger partial charge < -0.3 is 5.32 Å². The monoisotopic (exact) mass is 289 g/mol. The average molecular weight is 290 g/mol. The minimum absolute atomic E-state index is 0.130. The van der Waals surface area contributed by atoms with Crippen molar-refractivity contribution < 1.29 is 8.42 Å². The van der Waals surface area contributed by atoms with E-state index in [0.29, 0.717) is 23.8 Å². The first kappa shape index (κ1) is 13.5. The molecule has 1 unspecified atom stereocenters. The van der Waals surface area contributed by atoms with Crippen LogP contribution < -0.4 is 5.32 Å². The van der Waals surface area contributed by atoms with Crippen LogP contribution in [0.2, 0.25) is 5.15 Å². The van der Waals surface area contributed by atoms with E-state index >= 15 is 0 Å². The fraction of sp³-hybridized carbons (Fsp3) is 0.636. The second-order valence-corrected chi connectivity index (χ2v) is 7.41. The van der Waals surface area contributed by atoms with Crippen LogP contribution in [-0.2, 0) is 16.3 Å². The van der Waals surface area contributed by atoms with Crippen LogP contribution in [0.1, 0.15) is 25.8 Å². The van der Waals surface area contributed by atoms with Gasteiger partial charge in [0.2, 0.25) is 0 Å². The average Bonchev–Trinajstić information content (AvgIpc) is 2.53.